The van der Waals surface area contributed by atoms with Gasteiger partial charge in [-0.15, -0.1) is 0 Å². The summed E-state index contributed by atoms with van der Waals surface area (Å²) in [6.07, 6.45) is 1.19. The summed E-state index contributed by atoms with van der Waals surface area (Å²) < 4.78 is 10.1. The number of carbonyl (C=O) groups is 1. The average molecular weight is 284 g/mol. The van der Waals surface area contributed by atoms with Crippen LogP contribution in [0.4, 0.5) is 4.79 Å². The Morgan fingerprint density at radius 3 is 2.43 bits per heavy atom. The van der Waals surface area contributed by atoms with Crippen molar-refractivity contribution in [1.82, 2.24) is 0 Å². The maximum atomic E-state index is 11.5. The molecule has 3 nitrogen and oxygen atoms in total. The van der Waals surface area contributed by atoms with E-state index < -0.39 is 6.16 Å². The van der Waals surface area contributed by atoms with Gasteiger partial charge in [0.25, 0.3) is 0 Å². The normalized spacial score (nSPS) is 10.2. The Balaban J connectivity index is 2.28. The first-order valence-electron chi connectivity index (χ1n) is 7.27. The molecule has 2 aromatic rings. The largest absolute Gasteiger partial charge is 0.513 e. The van der Waals surface area contributed by atoms with E-state index in [1.165, 1.54) is 0 Å². The van der Waals surface area contributed by atoms with Gasteiger partial charge in [-0.25, -0.2) is 4.79 Å². The summed E-state index contributed by atoms with van der Waals surface area (Å²) in [4.78, 5) is 11.5. The first kappa shape index (κ1) is 15.1. The van der Waals surface area contributed by atoms with Crippen LogP contribution < -0.4 is 4.74 Å². The minimum Gasteiger partial charge on any atom is -0.434 e. The number of aryl methyl sites for hydroxylation is 1. The van der Waals surface area contributed by atoms with Crippen LogP contribution >= 0.6 is 0 Å². The van der Waals surface area contributed by atoms with Gasteiger partial charge in [-0.05, 0) is 42.2 Å². The van der Waals surface area contributed by atoms with Gasteiger partial charge in [-0.3, -0.25) is 0 Å². The zero-order chi connectivity index (χ0) is 15.1. The molecule has 0 aliphatic carbocycles. The van der Waals surface area contributed by atoms with Gasteiger partial charge in [0.05, 0.1) is 6.61 Å². The van der Waals surface area contributed by atoms with Gasteiger partial charge in [-0.2, -0.15) is 0 Å². The zero-order valence-corrected chi connectivity index (χ0v) is 12.5. The molecule has 0 amide bonds. The Morgan fingerprint density at radius 1 is 1.00 bits per heavy atom. The van der Waals surface area contributed by atoms with Crippen LogP contribution in [0.2, 0.25) is 0 Å². The molecule has 2 aromatic carbocycles. The van der Waals surface area contributed by atoms with E-state index in [1.807, 2.05) is 30.3 Å². The molecule has 0 spiro atoms. The molecule has 0 aliphatic heterocycles. The predicted octanol–water partition coefficient (Wildman–Crippen LogP) is 4.84. The topological polar surface area (TPSA) is 35.5 Å². The van der Waals surface area contributed by atoms with Crippen LogP contribution in [0.5, 0.6) is 5.75 Å². The van der Waals surface area contributed by atoms with Gasteiger partial charge in [0.1, 0.15) is 5.75 Å². The third kappa shape index (κ3) is 4.09. The Kier molecular flexibility index (Phi) is 5.38. The van der Waals surface area contributed by atoms with Crippen LogP contribution in [-0.4, -0.2) is 12.8 Å². The van der Waals surface area contributed by atoms with Crippen LogP contribution in [0.3, 0.4) is 0 Å². The summed E-state index contributed by atoms with van der Waals surface area (Å²) in [7, 11) is 0. The highest BCUT2D eigenvalue weighted by molar-refractivity contribution is 5.68. The van der Waals surface area contributed by atoms with Gasteiger partial charge < -0.3 is 9.47 Å². The van der Waals surface area contributed by atoms with Crippen LogP contribution in [0.1, 0.15) is 25.8 Å². The van der Waals surface area contributed by atoms with E-state index in [0.29, 0.717) is 12.4 Å². The number of hydrogen-bond donors (Lipinski definition) is 0. The molecule has 0 atom stereocenters. The molecule has 0 N–H and O–H groups in total. The molecule has 0 fully saturated rings. The molecular formula is C18H20O3. The Bertz CT molecular complexity index is 591. The number of carbonyl (C=O) groups excluding carboxylic acids is 1. The Morgan fingerprint density at radius 2 is 1.76 bits per heavy atom. The molecule has 3 heteroatoms. The molecule has 0 bridgehead atoms. The molecule has 0 saturated heterocycles. The van der Waals surface area contributed by atoms with E-state index in [0.717, 1.165) is 29.5 Å². The number of rotatable bonds is 5. The number of ether oxygens (including phenoxy) is 2. The lowest BCUT2D eigenvalue weighted by Gasteiger charge is -2.11. The minimum absolute atomic E-state index is 0.310. The second-order valence-electron chi connectivity index (χ2n) is 4.72. The van der Waals surface area contributed by atoms with Crippen LogP contribution in [0.25, 0.3) is 11.1 Å². The molecule has 0 radical (unpaired) electrons. The molecule has 0 aromatic heterocycles. The standard InChI is InChI=1S/C18H20O3/c1-3-8-16-13-15(14-9-6-5-7-10-14)11-12-17(16)21-18(19)20-4-2/h5-7,9-13H,3-4,8H2,1-2H3. The van der Waals surface area contributed by atoms with Crippen molar-refractivity contribution < 1.29 is 14.3 Å². The van der Waals surface area contributed by atoms with E-state index in [9.17, 15) is 4.79 Å². The van der Waals surface area contributed by atoms with Crippen molar-refractivity contribution in [3.63, 3.8) is 0 Å². The Hall–Kier alpha value is -2.29. The van der Waals surface area contributed by atoms with Gasteiger partial charge in [0, 0.05) is 0 Å². The van der Waals surface area contributed by atoms with E-state index in [2.05, 4.69) is 25.1 Å². The smallest absolute Gasteiger partial charge is 0.434 e. The lowest BCUT2D eigenvalue weighted by molar-refractivity contribution is 0.104. The van der Waals surface area contributed by atoms with Crippen molar-refractivity contribution in [3.05, 3.63) is 54.1 Å². The van der Waals surface area contributed by atoms with Gasteiger partial charge >= 0.3 is 6.16 Å². The second-order valence-corrected chi connectivity index (χ2v) is 4.72. The highest BCUT2D eigenvalue weighted by Gasteiger charge is 2.11. The predicted molar refractivity (Wildman–Crippen MR) is 83.5 cm³/mol. The molecule has 0 saturated carbocycles. The summed E-state index contributed by atoms with van der Waals surface area (Å²) >= 11 is 0. The fraction of sp³-hybridized carbons (Fsp3) is 0.278. The maximum Gasteiger partial charge on any atom is 0.513 e. The van der Waals surface area contributed by atoms with Crippen molar-refractivity contribution in [2.24, 2.45) is 0 Å². The molecule has 21 heavy (non-hydrogen) atoms. The third-order valence-corrected chi connectivity index (χ3v) is 3.14. The molecule has 2 rings (SSSR count). The van der Waals surface area contributed by atoms with E-state index in [-0.39, 0.29) is 0 Å². The Labute approximate surface area is 125 Å². The summed E-state index contributed by atoms with van der Waals surface area (Å²) in [5, 5.41) is 0. The van der Waals surface area contributed by atoms with Crippen molar-refractivity contribution in [3.8, 4) is 16.9 Å². The fourth-order valence-electron chi connectivity index (χ4n) is 2.19. The fourth-order valence-corrected chi connectivity index (χ4v) is 2.19. The zero-order valence-electron chi connectivity index (χ0n) is 12.5. The highest BCUT2D eigenvalue weighted by Crippen LogP contribution is 2.28. The van der Waals surface area contributed by atoms with Crippen LogP contribution in [-0.2, 0) is 11.2 Å². The van der Waals surface area contributed by atoms with Crippen molar-refractivity contribution in [2.75, 3.05) is 6.61 Å². The highest BCUT2D eigenvalue weighted by atomic mass is 16.7. The molecule has 0 unspecified atom stereocenters. The molecular weight excluding hydrogens is 264 g/mol. The average Bonchev–Trinajstić information content (AvgIpc) is 2.50. The SMILES string of the molecule is CCCc1cc(-c2ccccc2)ccc1OC(=O)OCC. The van der Waals surface area contributed by atoms with Crippen molar-refractivity contribution in [1.29, 1.82) is 0 Å². The number of benzene rings is 2. The maximum absolute atomic E-state index is 11.5. The van der Waals surface area contributed by atoms with E-state index in [1.54, 1.807) is 6.92 Å². The van der Waals surface area contributed by atoms with Crippen LogP contribution in [0.15, 0.2) is 48.5 Å². The third-order valence-electron chi connectivity index (χ3n) is 3.14. The van der Waals surface area contributed by atoms with E-state index in [4.69, 9.17) is 9.47 Å². The summed E-state index contributed by atoms with van der Waals surface area (Å²) in [5.74, 6) is 0.579. The van der Waals surface area contributed by atoms with Gasteiger partial charge in [-0.1, -0.05) is 49.7 Å². The lowest BCUT2D eigenvalue weighted by atomic mass is 10.0. The van der Waals surface area contributed by atoms with Crippen LogP contribution in [0, 0.1) is 0 Å². The molecule has 110 valence electrons. The molecule has 0 aliphatic rings. The summed E-state index contributed by atoms with van der Waals surface area (Å²) in [5.41, 5.74) is 3.29. The number of hydrogen-bond acceptors (Lipinski definition) is 3. The first-order chi connectivity index (χ1) is 10.2. The second kappa shape index (κ2) is 7.48. The summed E-state index contributed by atoms with van der Waals surface area (Å²) in [6, 6.07) is 16.0. The van der Waals surface area contributed by atoms with Crippen molar-refractivity contribution in [2.45, 2.75) is 26.7 Å². The summed E-state index contributed by atoms with van der Waals surface area (Å²) in [6.45, 7) is 4.17. The monoisotopic (exact) mass is 284 g/mol. The first-order valence-corrected chi connectivity index (χ1v) is 7.27. The van der Waals surface area contributed by atoms with E-state index >= 15 is 0 Å². The quantitative estimate of drug-likeness (QED) is 0.582. The van der Waals surface area contributed by atoms with Gasteiger partial charge in [0.15, 0.2) is 0 Å². The van der Waals surface area contributed by atoms with Gasteiger partial charge in [0.2, 0.25) is 0 Å². The minimum atomic E-state index is -0.651. The lowest BCUT2D eigenvalue weighted by Crippen LogP contribution is -2.11. The van der Waals surface area contributed by atoms with Crippen molar-refractivity contribution >= 4 is 6.16 Å². The molecule has 0 heterocycles.